The zero-order valence-corrected chi connectivity index (χ0v) is 16.6. The number of carbonyl (C=O) groups is 1. The van der Waals surface area contributed by atoms with Crippen LogP contribution in [0.3, 0.4) is 0 Å². The van der Waals surface area contributed by atoms with Gasteiger partial charge in [-0.2, -0.15) is 5.21 Å². The lowest BCUT2D eigenvalue weighted by atomic mass is 10.2. The van der Waals surface area contributed by atoms with Gasteiger partial charge in [0.25, 0.3) is 5.91 Å². The lowest BCUT2D eigenvalue weighted by Gasteiger charge is -2.26. The number of nitrogens with zero attached hydrogens (tertiary/aromatic N) is 3. The highest BCUT2D eigenvalue weighted by atomic mass is 16.6. The van der Waals surface area contributed by atoms with Crippen LogP contribution in [0.4, 0.5) is 5.69 Å². The molecular weight excluding hydrogens is 386 g/mol. The molecule has 1 aromatic heterocycles. The largest absolute Gasteiger partial charge is 0.494 e. The molecule has 9 heteroatoms. The Labute approximate surface area is 173 Å². The summed E-state index contributed by atoms with van der Waals surface area (Å²) in [4.78, 5) is 12.7. The van der Waals surface area contributed by atoms with Gasteiger partial charge in [0.15, 0.2) is 17.6 Å². The van der Waals surface area contributed by atoms with Crippen molar-refractivity contribution in [3.8, 4) is 17.2 Å². The number of anilines is 1. The van der Waals surface area contributed by atoms with Gasteiger partial charge in [-0.25, -0.2) is 0 Å². The standard InChI is InChI=1S/C21H23N5O4/c1-2-3-4-12-28-15-10-8-14(9-11-15)21(27)22-16-6-5-7-17-19(16)30-18(13-29-17)20-23-25-26-24-20/h5-11,18H,2-4,12-13H2,1H3,(H,22,27)(H,23,24,25,26). The SMILES string of the molecule is CCCCCOc1ccc(C(=O)Nc2cccc3c2OC(c2nn[nH]n2)CO3)cc1. The molecule has 0 radical (unpaired) electrons. The van der Waals surface area contributed by atoms with Crippen LogP contribution in [0.2, 0.25) is 0 Å². The van der Waals surface area contributed by atoms with Crippen molar-refractivity contribution in [2.24, 2.45) is 0 Å². The zero-order valence-electron chi connectivity index (χ0n) is 16.6. The molecule has 0 saturated heterocycles. The quantitative estimate of drug-likeness (QED) is 0.547. The summed E-state index contributed by atoms with van der Waals surface area (Å²) in [5.41, 5.74) is 1.02. The number of carbonyl (C=O) groups excluding carboxylic acids is 1. The Morgan fingerprint density at radius 3 is 2.87 bits per heavy atom. The molecule has 0 fully saturated rings. The molecule has 4 rings (SSSR count). The van der Waals surface area contributed by atoms with E-state index in [0.717, 1.165) is 25.0 Å². The lowest BCUT2D eigenvalue weighted by Crippen LogP contribution is -2.24. The first-order valence-corrected chi connectivity index (χ1v) is 9.94. The van der Waals surface area contributed by atoms with E-state index in [1.165, 1.54) is 0 Å². The van der Waals surface area contributed by atoms with Crippen molar-refractivity contribution in [1.29, 1.82) is 0 Å². The highest BCUT2D eigenvalue weighted by Gasteiger charge is 2.28. The van der Waals surface area contributed by atoms with Crippen molar-refractivity contribution in [2.45, 2.75) is 32.3 Å². The van der Waals surface area contributed by atoms with Crippen LogP contribution in [-0.4, -0.2) is 39.7 Å². The fourth-order valence-electron chi connectivity index (χ4n) is 3.06. The normalized spacial score (nSPS) is 14.9. The number of aromatic nitrogens is 4. The minimum Gasteiger partial charge on any atom is -0.494 e. The first kappa shape index (κ1) is 19.7. The number of rotatable bonds is 8. The van der Waals surface area contributed by atoms with E-state index in [2.05, 4.69) is 32.9 Å². The third-order valence-electron chi connectivity index (χ3n) is 4.66. The maximum absolute atomic E-state index is 12.7. The number of unbranched alkanes of at least 4 members (excludes halogenated alkanes) is 2. The maximum Gasteiger partial charge on any atom is 0.255 e. The summed E-state index contributed by atoms with van der Waals surface area (Å²) in [5.74, 6) is 1.85. The molecule has 1 aliphatic heterocycles. The van der Waals surface area contributed by atoms with E-state index >= 15 is 0 Å². The van der Waals surface area contributed by atoms with E-state index in [9.17, 15) is 4.79 Å². The number of aromatic amines is 1. The summed E-state index contributed by atoms with van der Waals surface area (Å²) in [7, 11) is 0. The number of para-hydroxylation sites is 1. The Kier molecular flexibility index (Phi) is 6.07. The zero-order chi connectivity index (χ0) is 20.8. The van der Waals surface area contributed by atoms with Gasteiger partial charge in [0.05, 0.1) is 12.3 Å². The minimum absolute atomic E-state index is 0.254. The van der Waals surface area contributed by atoms with Crippen molar-refractivity contribution in [3.05, 3.63) is 53.9 Å². The Bertz CT molecular complexity index is 976. The molecule has 3 aromatic rings. The van der Waals surface area contributed by atoms with Crippen LogP contribution in [0.25, 0.3) is 0 Å². The van der Waals surface area contributed by atoms with Crippen LogP contribution in [0.1, 0.15) is 48.5 Å². The fourth-order valence-corrected chi connectivity index (χ4v) is 3.06. The molecule has 0 aliphatic carbocycles. The van der Waals surface area contributed by atoms with Gasteiger partial charge < -0.3 is 19.5 Å². The second-order valence-corrected chi connectivity index (χ2v) is 6.85. The number of amides is 1. The number of nitrogens with one attached hydrogen (secondary N) is 2. The van der Waals surface area contributed by atoms with Gasteiger partial charge >= 0.3 is 0 Å². The summed E-state index contributed by atoms with van der Waals surface area (Å²) >= 11 is 0. The van der Waals surface area contributed by atoms with Crippen LogP contribution < -0.4 is 19.5 Å². The topological polar surface area (TPSA) is 111 Å². The highest BCUT2D eigenvalue weighted by molar-refractivity contribution is 6.05. The second kappa shape index (κ2) is 9.25. The number of fused-ring (bicyclic) bond motifs is 1. The molecule has 1 atom stereocenters. The molecule has 1 unspecified atom stereocenters. The maximum atomic E-state index is 12.7. The minimum atomic E-state index is -0.515. The Balaban J connectivity index is 1.43. The van der Waals surface area contributed by atoms with E-state index in [-0.39, 0.29) is 12.5 Å². The predicted octanol–water partition coefficient (Wildman–Crippen LogP) is 3.53. The molecule has 2 aromatic carbocycles. The van der Waals surface area contributed by atoms with E-state index in [1.54, 1.807) is 42.5 Å². The van der Waals surface area contributed by atoms with Gasteiger partial charge in [-0.15, -0.1) is 10.2 Å². The molecule has 30 heavy (non-hydrogen) atoms. The Morgan fingerprint density at radius 2 is 2.10 bits per heavy atom. The smallest absolute Gasteiger partial charge is 0.255 e. The van der Waals surface area contributed by atoms with Gasteiger partial charge in [-0.3, -0.25) is 4.79 Å². The van der Waals surface area contributed by atoms with Gasteiger partial charge in [-0.05, 0) is 42.8 Å². The Morgan fingerprint density at radius 1 is 1.23 bits per heavy atom. The van der Waals surface area contributed by atoms with E-state index < -0.39 is 6.10 Å². The number of ether oxygens (including phenoxy) is 3. The molecule has 0 bridgehead atoms. The monoisotopic (exact) mass is 409 g/mol. The number of benzene rings is 2. The third-order valence-corrected chi connectivity index (χ3v) is 4.66. The first-order valence-electron chi connectivity index (χ1n) is 9.94. The van der Waals surface area contributed by atoms with Gasteiger partial charge in [0.1, 0.15) is 12.4 Å². The molecule has 1 aliphatic rings. The number of tetrazole rings is 1. The Hall–Kier alpha value is -3.62. The van der Waals surface area contributed by atoms with Crippen molar-refractivity contribution >= 4 is 11.6 Å². The molecular formula is C21H23N5O4. The highest BCUT2D eigenvalue weighted by Crippen LogP contribution is 2.41. The predicted molar refractivity (Wildman–Crippen MR) is 109 cm³/mol. The second-order valence-electron chi connectivity index (χ2n) is 6.85. The van der Waals surface area contributed by atoms with Crippen molar-refractivity contribution in [1.82, 2.24) is 20.6 Å². The van der Waals surface area contributed by atoms with Gasteiger partial charge in [0, 0.05) is 5.56 Å². The van der Waals surface area contributed by atoms with Crippen molar-refractivity contribution < 1.29 is 19.0 Å². The lowest BCUT2D eigenvalue weighted by molar-refractivity contribution is 0.0856. The average molecular weight is 409 g/mol. The first-order chi connectivity index (χ1) is 14.7. The van der Waals surface area contributed by atoms with Gasteiger partial charge in [0.2, 0.25) is 5.82 Å². The van der Waals surface area contributed by atoms with Crippen LogP contribution in [0.15, 0.2) is 42.5 Å². The summed E-state index contributed by atoms with van der Waals surface area (Å²) in [5, 5.41) is 16.7. The summed E-state index contributed by atoms with van der Waals surface area (Å²) in [6.07, 6.45) is 2.79. The third kappa shape index (κ3) is 4.51. The van der Waals surface area contributed by atoms with E-state index in [4.69, 9.17) is 14.2 Å². The molecule has 1 amide bonds. The van der Waals surface area contributed by atoms with Crippen LogP contribution in [0.5, 0.6) is 17.2 Å². The van der Waals surface area contributed by atoms with Gasteiger partial charge in [-0.1, -0.05) is 31.0 Å². The molecule has 0 spiro atoms. The summed E-state index contributed by atoms with van der Waals surface area (Å²) < 4.78 is 17.4. The van der Waals surface area contributed by atoms with Crippen LogP contribution in [-0.2, 0) is 0 Å². The van der Waals surface area contributed by atoms with Crippen molar-refractivity contribution in [2.75, 3.05) is 18.5 Å². The fraction of sp³-hybridized carbons (Fsp3) is 0.333. The number of hydrogen-bond acceptors (Lipinski definition) is 7. The summed E-state index contributed by atoms with van der Waals surface area (Å²) in [6, 6.07) is 12.4. The molecule has 9 nitrogen and oxygen atoms in total. The number of hydrogen-bond donors (Lipinski definition) is 2. The van der Waals surface area contributed by atoms with Crippen LogP contribution in [0, 0.1) is 0 Å². The molecule has 156 valence electrons. The molecule has 2 heterocycles. The van der Waals surface area contributed by atoms with Crippen LogP contribution >= 0.6 is 0 Å². The molecule has 2 N–H and O–H groups in total. The average Bonchev–Trinajstić information content (AvgIpc) is 3.32. The number of H-pyrrole nitrogens is 1. The van der Waals surface area contributed by atoms with Crippen molar-refractivity contribution in [3.63, 3.8) is 0 Å². The van der Waals surface area contributed by atoms with E-state index in [1.807, 2.05) is 0 Å². The van der Waals surface area contributed by atoms with E-state index in [0.29, 0.717) is 35.2 Å². The molecule has 0 saturated carbocycles. The summed E-state index contributed by atoms with van der Waals surface area (Å²) in [6.45, 7) is 3.08.